The topological polar surface area (TPSA) is 81.1 Å². The van der Waals surface area contributed by atoms with Crippen LogP contribution in [0.1, 0.15) is 21.6 Å². The number of aryl methyl sites for hydroxylation is 2. The molecule has 0 saturated heterocycles. The Morgan fingerprint density at radius 1 is 1.04 bits per heavy atom. The van der Waals surface area contributed by atoms with E-state index in [0.717, 1.165) is 5.56 Å². The first-order valence-electron chi connectivity index (χ1n) is 7.74. The summed E-state index contributed by atoms with van der Waals surface area (Å²) in [6.45, 7) is 3.44. The highest BCUT2D eigenvalue weighted by Gasteiger charge is 2.25. The Hall–Kier alpha value is -2.64. The number of hydrogen-bond acceptors (Lipinski definition) is 4. The third kappa shape index (κ3) is 3.49. The van der Waals surface area contributed by atoms with Gasteiger partial charge in [-0.15, -0.1) is 0 Å². The first-order chi connectivity index (χ1) is 12.3. The average molecular weight is 390 g/mol. The predicted octanol–water partition coefficient (Wildman–Crippen LogP) is 3.26. The van der Waals surface area contributed by atoms with Crippen LogP contribution in [0.3, 0.4) is 0 Å². The van der Waals surface area contributed by atoms with Crippen LogP contribution in [0, 0.1) is 13.8 Å². The number of halogens is 1. The highest BCUT2D eigenvalue weighted by Crippen LogP contribution is 2.24. The Balaban J connectivity index is 1.93. The van der Waals surface area contributed by atoms with Crippen LogP contribution in [0.4, 0.5) is 0 Å². The Morgan fingerprint density at radius 3 is 2.27 bits per heavy atom. The molecule has 6 nitrogen and oxygen atoms in total. The number of hydrogen-bond donors (Lipinski definition) is 1. The van der Waals surface area contributed by atoms with E-state index in [1.807, 2.05) is 25.1 Å². The molecular formula is C18H16ClN3O3S. The second-order valence-corrected chi connectivity index (χ2v) is 7.79. The predicted molar refractivity (Wildman–Crippen MR) is 99.1 cm³/mol. The zero-order valence-electron chi connectivity index (χ0n) is 14.1. The number of rotatable bonds is 4. The van der Waals surface area contributed by atoms with Crippen molar-refractivity contribution >= 4 is 27.5 Å². The number of para-hydroxylation sites is 1. The van der Waals surface area contributed by atoms with Crippen LogP contribution >= 0.6 is 11.6 Å². The first kappa shape index (κ1) is 18.2. The SMILES string of the molecule is Cc1ccc(S(=O)(=O)NC(=O)c2c(C)nn(-c3ccccc3)c2Cl)cc1. The smallest absolute Gasteiger partial charge is 0.268 e. The third-order valence-corrected chi connectivity index (χ3v) is 5.49. The Morgan fingerprint density at radius 2 is 1.65 bits per heavy atom. The molecule has 3 aromatic rings. The van der Waals surface area contributed by atoms with Crippen molar-refractivity contribution in [1.29, 1.82) is 0 Å². The normalized spacial score (nSPS) is 11.3. The van der Waals surface area contributed by atoms with Crippen LogP contribution in [-0.4, -0.2) is 24.1 Å². The monoisotopic (exact) mass is 389 g/mol. The van der Waals surface area contributed by atoms with Gasteiger partial charge in [0.05, 0.1) is 16.3 Å². The number of nitrogens with one attached hydrogen (secondary N) is 1. The molecule has 1 N–H and O–H groups in total. The van der Waals surface area contributed by atoms with Crippen molar-refractivity contribution in [3.63, 3.8) is 0 Å². The molecule has 3 rings (SSSR count). The van der Waals surface area contributed by atoms with Crippen LogP contribution in [0.2, 0.25) is 5.15 Å². The van der Waals surface area contributed by atoms with Gasteiger partial charge in [0, 0.05) is 0 Å². The number of carbonyl (C=O) groups is 1. The van der Waals surface area contributed by atoms with Gasteiger partial charge in [0.25, 0.3) is 15.9 Å². The van der Waals surface area contributed by atoms with E-state index in [1.54, 1.807) is 31.2 Å². The zero-order valence-corrected chi connectivity index (χ0v) is 15.7. The average Bonchev–Trinajstić information content (AvgIpc) is 2.90. The van der Waals surface area contributed by atoms with Gasteiger partial charge in [-0.3, -0.25) is 4.79 Å². The minimum absolute atomic E-state index is 0.000627. The molecular weight excluding hydrogens is 374 g/mol. The maximum Gasteiger partial charge on any atom is 0.270 e. The second-order valence-electron chi connectivity index (χ2n) is 5.75. The largest absolute Gasteiger partial charge is 0.270 e. The van der Waals surface area contributed by atoms with Crippen molar-refractivity contribution < 1.29 is 13.2 Å². The zero-order chi connectivity index (χ0) is 18.9. The van der Waals surface area contributed by atoms with Crippen LogP contribution in [0.5, 0.6) is 0 Å². The molecule has 2 aromatic carbocycles. The third-order valence-electron chi connectivity index (χ3n) is 3.79. The van der Waals surface area contributed by atoms with Gasteiger partial charge in [0.15, 0.2) is 0 Å². The van der Waals surface area contributed by atoms with Crippen molar-refractivity contribution in [1.82, 2.24) is 14.5 Å². The second kappa shape index (κ2) is 6.93. The number of benzene rings is 2. The number of nitrogens with zero attached hydrogens (tertiary/aromatic N) is 2. The van der Waals surface area contributed by atoms with E-state index in [4.69, 9.17) is 11.6 Å². The first-order valence-corrected chi connectivity index (χ1v) is 9.60. The quantitative estimate of drug-likeness (QED) is 0.742. The van der Waals surface area contributed by atoms with Crippen LogP contribution in [0.15, 0.2) is 59.5 Å². The van der Waals surface area contributed by atoms with Gasteiger partial charge in [-0.1, -0.05) is 47.5 Å². The lowest BCUT2D eigenvalue weighted by Gasteiger charge is -2.07. The highest BCUT2D eigenvalue weighted by molar-refractivity contribution is 7.90. The van der Waals surface area contributed by atoms with Crippen LogP contribution in [0.25, 0.3) is 5.69 Å². The minimum Gasteiger partial charge on any atom is -0.268 e. The summed E-state index contributed by atoms with van der Waals surface area (Å²) in [4.78, 5) is 12.6. The molecule has 0 aliphatic heterocycles. The molecule has 0 radical (unpaired) electrons. The molecule has 0 atom stereocenters. The summed E-state index contributed by atoms with van der Waals surface area (Å²) in [5, 5.41) is 4.29. The van der Waals surface area contributed by atoms with Crippen molar-refractivity contribution in [2.75, 3.05) is 0 Å². The van der Waals surface area contributed by atoms with Gasteiger partial charge in [-0.25, -0.2) is 17.8 Å². The summed E-state index contributed by atoms with van der Waals surface area (Å²) in [5.74, 6) is -0.824. The van der Waals surface area contributed by atoms with E-state index in [0.29, 0.717) is 11.4 Å². The van der Waals surface area contributed by atoms with Gasteiger partial charge < -0.3 is 0 Å². The van der Waals surface area contributed by atoms with E-state index in [9.17, 15) is 13.2 Å². The molecule has 26 heavy (non-hydrogen) atoms. The molecule has 0 unspecified atom stereocenters. The number of carbonyl (C=O) groups excluding carboxylic acids is 1. The summed E-state index contributed by atoms with van der Waals surface area (Å²) in [6.07, 6.45) is 0. The molecule has 1 amide bonds. The molecule has 8 heteroatoms. The summed E-state index contributed by atoms with van der Waals surface area (Å²) in [7, 11) is -4.01. The molecule has 0 bridgehead atoms. The fraction of sp³-hybridized carbons (Fsp3) is 0.111. The molecule has 1 aromatic heterocycles. The van der Waals surface area contributed by atoms with E-state index in [2.05, 4.69) is 9.82 Å². The molecule has 0 fully saturated rings. The number of amides is 1. The van der Waals surface area contributed by atoms with Gasteiger partial charge in [-0.2, -0.15) is 5.10 Å². The Bertz CT molecular complexity index is 1060. The van der Waals surface area contributed by atoms with E-state index in [1.165, 1.54) is 16.8 Å². The van der Waals surface area contributed by atoms with Crippen LogP contribution < -0.4 is 4.72 Å². The van der Waals surface area contributed by atoms with Crippen molar-refractivity contribution in [2.45, 2.75) is 18.7 Å². The molecule has 0 saturated carbocycles. The van der Waals surface area contributed by atoms with Gasteiger partial charge in [-0.05, 0) is 38.1 Å². The molecule has 1 heterocycles. The Kier molecular flexibility index (Phi) is 4.84. The molecule has 0 aliphatic carbocycles. The maximum atomic E-state index is 12.6. The van der Waals surface area contributed by atoms with Gasteiger partial charge in [0.1, 0.15) is 10.7 Å². The minimum atomic E-state index is -4.01. The van der Waals surface area contributed by atoms with Crippen molar-refractivity contribution in [2.24, 2.45) is 0 Å². The van der Waals surface area contributed by atoms with Gasteiger partial charge in [0.2, 0.25) is 0 Å². The van der Waals surface area contributed by atoms with E-state index >= 15 is 0 Å². The maximum absolute atomic E-state index is 12.6. The van der Waals surface area contributed by atoms with Gasteiger partial charge >= 0.3 is 0 Å². The summed E-state index contributed by atoms with van der Waals surface area (Å²) >= 11 is 6.30. The molecule has 0 spiro atoms. The van der Waals surface area contributed by atoms with E-state index in [-0.39, 0.29) is 15.6 Å². The number of sulfonamides is 1. The lowest BCUT2D eigenvalue weighted by atomic mass is 10.2. The lowest BCUT2D eigenvalue weighted by Crippen LogP contribution is -2.31. The summed E-state index contributed by atoms with van der Waals surface area (Å²) in [6, 6.07) is 15.2. The molecule has 0 aliphatic rings. The summed E-state index contributed by atoms with van der Waals surface area (Å²) in [5.41, 5.74) is 1.93. The fourth-order valence-electron chi connectivity index (χ4n) is 2.45. The fourth-order valence-corrected chi connectivity index (χ4v) is 3.76. The lowest BCUT2D eigenvalue weighted by molar-refractivity contribution is 0.0981. The molecule has 134 valence electrons. The van der Waals surface area contributed by atoms with Crippen LogP contribution in [-0.2, 0) is 10.0 Å². The van der Waals surface area contributed by atoms with Crippen molar-refractivity contribution in [3.8, 4) is 5.69 Å². The van der Waals surface area contributed by atoms with E-state index < -0.39 is 15.9 Å². The standard InChI is InChI=1S/C18H16ClN3O3S/c1-12-8-10-15(11-9-12)26(24,25)21-18(23)16-13(2)20-22(17(16)19)14-6-4-3-5-7-14/h3-11H,1-2H3,(H,21,23). The summed E-state index contributed by atoms with van der Waals surface area (Å²) < 4.78 is 28.3. The Labute approximate surface area is 156 Å². The van der Waals surface area contributed by atoms with Crippen molar-refractivity contribution in [3.05, 3.63) is 76.6 Å². The highest BCUT2D eigenvalue weighted by atomic mass is 35.5. The number of aromatic nitrogens is 2.